The van der Waals surface area contributed by atoms with E-state index < -0.39 is 0 Å². The van der Waals surface area contributed by atoms with Crippen LogP contribution in [0.4, 0.5) is 0 Å². The van der Waals surface area contributed by atoms with Gasteiger partial charge in [0, 0.05) is 10.6 Å². The van der Waals surface area contributed by atoms with E-state index in [1.807, 2.05) is 24.3 Å². The van der Waals surface area contributed by atoms with Crippen LogP contribution in [0.25, 0.3) is 0 Å². The Balaban J connectivity index is 2.57. The summed E-state index contributed by atoms with van der Waals surface area (Å²) in [5, 5.41) is 3.80. The normalized spacial score (nSPS) is 12.3. The summed E-state index contributed by atoms with van der Waals surface area (Å²) in [4.78, 5) is 12.1. The number of carbonyl (C=O) groups is 1. The molecule has 1 amide bonds. The molecular formula is C16H24ClNO. The average Bonchev–Trinajstić information content (AvgIpc) is 2.16. The van der Waals surface area contributed by atoms with E-state index in [9.17, 15) is 4.79 Å². The predicted molar refractivity (Wildman–Crippen MR) is 81.4 cm³/mol. The van der Waals surface area contributed by atoms with Crippen molar-refractivity contribution in [2.24, 2.45) is 5.41 Å². The summed E-state index contributed by atoms with van der Waals surface area (Å²) in [5.41, 5.74) is 0.979. The van der Waals surface area contributed by atoms with Gasteiger partial charge < -0.3 is 5.32 Å². The van der Waals surface area contributed by atoms with Crippen LogP contribution in [0.5, 0.6) is 0 Å². The minimum atomic E-state index is -0.193. The summed E-state index contributed by atoms with van der Waals surface area (Å²) in [6, 6.07) is 7.40. The largest absolute Gasteiger partial charge is 0.351 e. The Bertz CT molecular complexity index is 429. The number of hydrogen-bond donors (Lipinski definition) is 1. The highest BCUT2D eigenvalue weighted by molar-refractivity contribution is 6.30. The topological polar surface area (TPSA) is 29.1 Å². The summed E-state index contributed by atoms with van der Waals surface area (Å²) < 4.78 is 0. The van der Waals surface area contributed by atoms with Crippen molar-refractivity contribution in [3.63, 3.8) is 0 Å². The Morgan fingerprint density at radius 2 is 1.63 bits per heavy atom. The first kappa shape index (κ1) is 16.0. The first-order chi connectivity index (χ1) is 8.57. The Kier molecular flexibility index (Phi) is 5.03. The third-order valence-electron chi connectivity index (χ3n) is 2.73. The van der Waals surface area contributed by atoms with E-state index in [1.54, 1.807) is 0 Å². The Labute approximate surface area is 121 Å². The number of halogens is 1. The lowest BCUT2D eigenvalue weighted by Crippen LogP contribution is -2.46. The van der Waals surface area contributed by atoms with Crippen LogP contribution in [-0.4, -0.2) is 11.4 Å². The van der Waals surface area contributed by atoms with Gasteiger partial charge in [0.05, 0.1) is 6.42 Å². The Hall–Kier alpha value is -1.02. The molecule has 19 heavy (non-hydrogen) atoms. The second-order valence-electron chi connectivity index (χ2n) is 6.97. The predicted octanol–water partition coefficient (Wildman–Crippen LogP) is 4.21. The van der Waals surface area contributed by atoms with Gasteiger partial charge in [-0.3, -0.25) is 4.79 Å². The summed E-state index contributed by atoms with van der Waals surface area (Å²) in [6.07, 6.45) is 1.33. The fourth-order valence-electron chi connectivity index (χ4n) is 2.58. The minimum absolute atomic E-state index is 0.0524. The maximum Gasteiger partial charge on any atom is 0.224 e. The molecule has 0 unspecified atom stereocenters. The number of amides is 1. The molecule has 0 atom stereocenters. The van der Waals surface area contributed by atoms with Crippen LogP contribution in [-0.2, 0) is 11.2 Å². The van der Waals surface area contributed by atoms with E-state index in [1.165, 1.54) is 0 Å². The maximum atomic E-state index is 12.1. The molecular weight excluding hydrogens is 258 g/mol. The lowest BCUT2D eigenvalue weighted by atomic mass is 9.81. The minimum Gasteiger partial charge on any atom is -0.351 e. The monoisotopic (exact) mass is 281 g/mol. The zero-order valence-electron chi connectivity index (χ0n) is 12.5. The van der Waals surface area contributed by atoms with Gasteiger partial charge in [-0.05, 0) is 43.4 Å². The molecule has 0 aliphatic carbocycles. The molecule has 1 aromatic rings. The van der Waals surface area contributed by atoms with Crippen LogP contribution in [0, 0.1) is 5.41 Å². The molecule has 3 heteroatoms. The van der Waals surface area contributed by atoms with Crippen LogP contribution in [0.3, 0.4) is 0 Å². The second-order valence-corrected chi connectivity index (χ2v) is 7.41. The smallest absolute Gasteiger partial charge is 0.224 e. The van der Waals surface area contributed by atoms with Crippen molar-refractivity contribution < 1.29 is 4.79 Å². The van der Waals surface area contributed by atoms with Gasteiger partial charge in [0.1, 0.15) is 0 Å². The zero-order chi connectivity index (χ0) is 14.7. The van der Waals surface area contributed by atoms with E-state index >= 15 is 0 Å². The number of carbonyl (C=O) groups excluding carboxylic acids is 1. The fourth-order valence-corrected chi connectivity index (χ4v) is 2.71. The average molecular weight is 282 g/mol. The highest BCUT2D eigenvalue weighted by Crippen LogP contribution is 2.26. The van der Waals surface area contributed by atoms with Crippen molar-refractivity contribution in [1.29, 1.82) is 0 Å². The molecule has 0 bridgehead atoms. The second kappa shape index (κ2) is 5.96. The van der Waals surface area contributed by atoms with Crippen molar-refractivity contribution in [2.75, 3.05) is 0 Å². The van der Waals surface area contributed by atoms with Gasteiger partial charge in [0.15, 0.2) is 0 Å². The zero-order valence-corrected chi connectivity index (χ0v) is 13.3. The van der Waals surface area contributed by atoms with Crippen molar-refractivity contribution in [3.8, 4) is 0 Å². The van der Waals surface area contributed by atoms with E-state index in [2.05, 4.69) is 39.9 Å². The quantitative estimate of drug-likeness (QED) is 0.880. The van der Waals surface area contributed by atoms with Crippen LogP contribution in [0.15, 0.2) is 24.3 Å². The third-order valence-corrected chi connectivity index (χ3v) is 2.98. The number of benzene rings is 1. The van der Waals surface area contributed by atoms with Gasteiger partial charge in [-0.2, -0.15) is 0 Å². The Morgan fingerprint density at radius 3 is 2.11 bits per heavy atom. The molecule has 0 fully saturated rings. The van der Waals surface area contributed by atoms with E-state index in [0.29, 0.717) is 11.4 Å². The summed E-state index contributed by atoms with van der Waals surface area (Å²) in [5.74, 6) is 0.0524. The van der Waals surface area contributed by atoms with Crippen molar-refractivity contribution >= 4 is 17.5 Å². The van der Waals surface area contributed by atoms with Gasteiger partial charge >= 0.3 is 0 Å². The molecule has 0 aliphatic rings. The van der Waals surface area contributed by atoms with Gasteiger partial charge in [0.2, 0.25) is 5.91 Å². The van der Waals surface area contributed by atoms with E-state index in [4.69, 9.17) is 11.6 Å². The molecule has 0 saturated heterocycles. The third kappa shape index (κ3) is 6.63. The SMILES string of the molecule is CC(C)(C)CC(C)(C)NC(=O)Cc1ccc(Cl)cc1. The maximum absolute atomic E-state index is 12.1. The molecule has 106 valence electrons. The van der Waals surface area contributed by atoms with E-state index in [0.717, 1.165) is 12.0 Å². The van der Waals surface area contributed by atoms with Crippen LogP contribution >= 0.6 is 11.6 Å². The molecule has 0 spiro atoms. The van der Waals surface area contributed by atoms with Crippen molar-refractivity contribution in [1.82, 2.24) is 5.32 Å². The van der Waals surface area contributed by atoms with E-state index in [-0.39, 0.29) is 16.9 Å². The molecule has 2 nitrogen and oxygen atoms in total. The van der Waals surface area contributed by atoms with Crippen LogP contribution in [0.2, 0.25) is 5.02 Å². The van der Waals surface area contributed by atoms with Gasteiger partial charge in [0.25, 0.3) is 0 Å². The number of hydrogen-bond acceptors (Lipinski definition) is 1. The number of nitrogens with one attached hydrogen (secondary N) is 1. The van der Waals surface area contributed by atoms with Crippen LogP contribution < -0.4 is 5.32 Å². The molecule has 0 aliphatic heterocycles. The highest BCUT2D eigenvalue weighted by Gasteiger charge is 2.26. The molecule has 0 radical (unpaired) electrons. The van der Waals surface area contributed by atoms with Crippen molar-refractivity contribution in [3.05, 3.63) is 34.9 Å². The standard InChI is InChI=1S/C16H24ClNO/c1-15(2,3)11-16(4,5)18-14(19)10-12-6-8-13(17)9-7-12/h6-9H,10-11H2,1-5H3,(H,18,19). The summed E-state index contributed by atoms with van der Waals surface area (Å²) in [7, 11) is 0. The number of rotatable bonds is 4. The lowest BCUT2D eigenvalue weighted by molar-refractivity contribution is -0.122. The molecule has 1 aromatic carbocycles. The highest BCUT2D eigenvalue weighted by atomic mass is 35.5. The Morgan fingerprint density at radius 1 is 1.11 bits per heavy atom. The molecule has 0 heterocycles. The van der Waals surface area contributed by atoms with Gasteiger partial charge in [-0.1, -0.05) is 44.5 Å². The fraction of sp³-hybridized carbons (Fsp3) is 0.562. The molecule has 0 saturated carbocycles. The summed E-state index contributed by atoms with van der Waals surface area (Å²) >= 11 is 5.83. The van der Waals surface area contributed by atoms with Gasteiger partial charge in [-0.15, -0.1) is 0 Å². The first-order valence-corrected chi connectivity index (χ1v) is 7.01. The van der Waals surface area contributed by atoms with Crippen molar-refractivity contribution in [2.45, 2.75) is 53.0 Å². The molecule has 1 N–H and O–H groups in total. The molecule has 0 aromatic heterocycles. The first-order valence-electron chi connectivity index (χ1n) is 6.63. The van der Waals surface area contributed by atoms with Gasteiger partial charge in [-0.25, -0.2) is 0 Å². The van der Waals surface area contributed by atoms with Crippen LogP contribution in [0.1, 0.15) is 46.6 Å². The lowest BCUT2D eigenvalue weighted by Gasteiger charge is -2.33. The summed E-state index contributed by atoms with van der Waals surface area (Å²) in [6.45, 7) is 10.7. The molecule has 1 rings (SSSR count).